The van der Waals surface area contributed by atoms with Crippen LogP contribution in [0.25, 0.3) is 0 Å². The molecule has 27 heavy (non-hydrogen) atoms. The van der Waals surface area contributed by atoms with E-state index in [0.717, 1.165) is 10.6 Å². The maximum Gasteiger partial charge on any atom is 0.240 e. The SMILES string of the molecule is CCOc1ccc(N(CC(=O)NC[C@@H](O)c2ccccc2)S(C)(=O)=O)cc1. The second kappa shape index (κ2) is 9.38. The van der Waals surface area contributed by atoms with Crippen LogP contribution in [0.5, 0.6) is 5.75 Å². The predicted octanol–water partition coefficient (Wildman–Crippen LogP) is 1.70. The Balaban J connectivity index is 2.02. The number of carbonyl (C=O) groups is 1. The summed E-state index contributed by atoms with van der Waals surface area (Å²) in [4.78, 5) is 12.2. The molecule has 2 aromatic carbocycles. The number of carbonyl (C=O) groups excluding carboxylic acids is 1. The van der Waals surface area contributed by atoms with Gasteiger partial charge in [0, 0.05) is 6.54 Å². The molecule has 0 aliphatic heterocycles. The number of rotatable bonds is 9. The highest BCUT2D eigenvalue weighted by molar-refractivity contribution is 7.92. The lowest BCUT2D eigenvalue weighted by atomic mass is 10.1. The molecule has 8 heteroatoms. The molecular weight excluding hydrogens is 368 g/mol. The van der Waals surface area contributed by atoms with E-state index in [1.807, 2.05) is 13.0 Å². The third-order valence-electron chi connectivity index (χ3n) is 3.80. The number of aliphatic hydroxyl groups is 1. The first-order valence-corrected chi connectivity index (χ1v) is 10.4. The van der Waals surface area contributed by atoms with Crippen molar-refractivity contribution < 1.29 is 23.1 Å². The Hall–Kier alpha value is -2.58. The topological polar surface area (TPSA) is 95.9 Å². The molecule has 0 radical (unpaired) electrons. The lowest BCUT2D eigenvalue weighted by molar-refractivity contribution is -0.120. The molecule has 7 nitrogen and oxygen atoms in total. The van der Waals surface area contributed by atoms with Gasteiger partial charge in [0.2, 0.25) is 15.9 Å². The van der Waals surface area contributed by atoms with E-state index in [4.69, 9.17) is 4.74 Å². The van der Waals surface area contributed by atoms with Gasteiger partial charge in [-0.25, -0.2) is 8.42 Å². The summed E-state index contributed by atoms with van der Waals surface area (Å²) in [6.45, 7) is 1.96. The Labute approximate surface area is 159 Å². The molecule has 1 atom stereocenters. The van der Waals surface area contributed by atoms with Gasteiger partial charge in [-0.3, -0.25) is 9.10 Å². The van der Waals surface area contributed by atoms with Gasteiger partial charge in [0.1, 0.15) is 12.3 Å². The number of benzene rings is 2. The standard InChI is InChI=1S/C19H24N2O5S/c1-3-26-17-11-9-16(10-12-17)21(27(2,24)25)14-19(23)20-13-18(22)15-7-5-4-6-8-15/h4-12,18,22H,3,13-14H2,1-2H3,(H,20,23)/t18-/m1/s1. The molecule has 1 amide bonds. The minimum absolute atomic E-state index is 0.0102. The van der Waals surface area contributed by atoms with Crippen molar-refractivity contribution in [2.24, 2.45) is 0 Å². The van der Waals surface area contributed by atoms with Gasteiger partial charge >= 0.3 is 0 Å². The van der Waals surface area contributed by atoms with Gasteiger partial charge in [0.25, 0.3) is 0 Å². The summed E-state index contributed by atoms with van der Waals surface area (Å²) in [7, 11) is -3.66. The number of anilines is 1. The summed E-state index contributed by atoms with van der Waals surface area (Å²) in [5.41, 5.74) is 1.03. The van der Waals surface area contributed by atoms with E-state index in [2.05, 4.69) is 5.32 Å². The van der Waals surface area contributed by atoms with Crippen LogP contribution in [-0.4, -0.2) is 45.4 Å². The third kappa shape index (κ3) is 6.26. The van der Waals surface area contributed by atoms with Crippen LogP contribution in [0.4, 0.5) is 5.69 Å². The van der Waals surface area contributed by atoms with Crippen LogP contribution in [-0.2, 0) is 14.8 Å². The largest absolute Gasteiger partial charge is 0.494 e. The van der Waals surface area contributed by atoms with Gasteiger partial charge in [-0.2, -0.15) is 0 Å². The zero-order valence-electron chi connectivity index (χ0n) is 15.3. The van der Waals surface area contributed by atoms with E-state index in [0.29, 0.717) is 23.6 Å². The average Bonchev–Trinajstić information content (AvgIpc) is 2.65. The summed E-state index contributed by atoms with van der Waals surface area (Å²) in [5, 5.41) is 12.7. The second-order valence-electron chi connectivity index (χ2n) is 5.93. The van der Waals surface area contributed by atoms with Gasteiger partial charge in [-0.15, -0.1) is 0 Å². The van der Waals surface area contributed by atoms with Crippen molar-refractivity contribution >= 4 is 21.6 Å². The van der Waals surface area contributed by atoms with Crippen molar-refractivity contribution in [1.29, 1.82) is 0 Å². The summed E-state index contributed by atoms with van der Waals surface area (Å²) < 4.78 is 30.6. The summed E-state index contributed by atoms with van der Waals surface area (Å²) in [5.74, 6) is 0.106. The summed E-state index contributed by atoms with van der Waals surface area (Å²) in [6.07, 6.45) is 0.169. The van der Waals surface area contributed by atoms with Crippen LogP contribution in [0.1, 0.15) is 18.6 Å². The molecule has 146 valence electrons. The molecular formula is C19H24N2O5S. The molecule has 0 aliphatic carbocycles. The quantitative estimate of drug-likeness (QED) is 0.677. The van der Waals surface area contributed by atoms with Crippen molar-refractivity contribution in [2.45, 2.75) is 13.0 Å². The lowest BCUT2D eigenvalue weighted by Crippen LogP contribution is -2.41. The first kappa shape index (κ1) is 20.7. The Morgan fingerprint density at radius 1 is 1.15 bits per heavy atom. The summed E-state index contributed by atoms with van der Waals surface area (Å²) >= 11 is 0. The third-order valence-corrected chi connectivity index (χ3v) is 4.94. The first-order valence-electron chi connectivity index (χ1n) is 8.51. The second-order valence-corrected chi connectivity index (χ2v) is 7.83. The molecule has 0 spiro atoms. The molecule has 0 aromatic heterocycles. The molecule has 0 saturated carbocycles. The van der Waals surface area contributed by atoms with Crippen molar-refractivity contribution in [2.75, 3.05) is 30.3 Å². The van der Waals surface area contributed by atoms with Crippen molar-refractivity contribution in [3.63, 3.8) is 0 Å². The maximum absolute atomic E-state index is 12.2. The molecule has 2 aromatic rings. The zero-order chi connectivity index (χ0) is 19.9. The molecule has 0 heterocycles. The zero-order valence-corrected chi connectivity index (χ0v) is 16.1. The fourth-order valence-corrected chi connectivity index (χ4v) is 3.32. The van der Waals surface area contributed by atoms with E-state index >= 15 is 0 Å². The Bertz CT molecular complexity index is 838. The minimum atomic E-state index is -3.66. The van der Waals surface area contributed by atoms with Gasteiger partial charge in [-0.05, 0) is 36.8 Å². The molecule has 0 saturated heterocycles. The van der Waals surface area contributed by atoms with Gasteiger partial charge in [0.05, 0.1) is 24.7 Å². The number of ether oxygens (including phenoxy) is 1. The number of aliphatic hydroxyl groups excluding tert-OH is 1. The van der Waals surface area contributed by atoms with Crippen molar-refractivity contribution in [3.8, 4) is 5.75 Å². The molecule has 0 aliphatic rings. The molecule has 2 N–H and O–H groups in total. The van der Waals surface area contributed by atoms with Gasteiger partial charge in [0.15, 0.2) is 0 Å². The highest BCUT2D eigenvalue weighted by Gasteiger charge is 2.21. The van der Waals surface area contributed by atoms with Gasteiger partial charge < -0.3 is 15.2 Å². The number of sulfonamides is 1. The minimum Gasteiger partial charge on any atom is -0.494 e. The Morgan fingerprint density at radius 3 is 2.33 bits per heavy atom. The highest BCUT2D eigenvalue weighted by atomic mass is 32.2. The number of amides is 1. The molecule has 0 unspecified atom stereocenters. The summed E-state index contributed by atoms with van der Waals surface area (Å²) in [6, 6.07) is 15.4. The number of hydrogen-bond acceptors (Lipinski definition) is 5. The normalized spacial score (nSPS) is 12.3. The van der Waals surface area contributed by atoms with E-state index in [9.17, 15) is 18.3 Å². The van der Waals surface area contributed by atoms with Crippen LogP contribution < -0.4 is 14.4 Å². The fourth-order valence-electron chi connectivity index (χ4n) is 2.47. The van der Waals surface area contributed by atoms with Crippen LogP contribution in [0.3, 0.4) is 0 Å². The number of nitrogens with zero attached hydrogens (tertiary/aromatic N) is 1. The van der Waals surface area contributed by atoms with E-state index in [1.54, 1.807) is 48.5 Å². The molecule has 2 rings (SSSR count). The van der Waals surface area contributed by atoms with Crippen LogP contribution in [0.15, 0.2) is 54.6 Å². The van der Waals surface area contributed by atoms with Crippen LogP contribution in [0, 0.1) is 0 Å². The van der Waals surface area contributed by atoms with Crippen LogP contribution >= 0.6 is 0 Å². The number of hydrogen-bond donors (Lipinski definition) is 2. The fraction of sp³-hybridized carbons (Fsp3) is 0.316. The maximum atomic E-state index is 12.2. The van der Waals surface area contributed by atoms with E-state index in [1.165, 1.54) is 0 Å². The highest BCUT2D eigenvalue weighted by Crippen LogP contribution is 2.21. The van der Waals surface area contributed by atoms with Crippen molar-refractivity contribution in [1.82, 2.24) is 5.32 Å². The molecule has 0 fully saturated rings. The van der Waals surface area contributed by atoms with Gasteiger partial charge in [-0.1, -0.05) is 30.3 Å². The van der Waals surface area contributed by atoms with E-state index < -0.39 is 22.0 Å². The predicted molar refractivity (Wildman–Crippen MR) is 104 cm³/mol. The average molecular weight is 392 g/mol. The monoisotopic (exact) mass is 392 g/mol. The molecule has 0 bridgehead atoms. The Kier molecular flexibility index (Phi) is 7.20. The smallest absolute Gasteiger partial charge is 0.240 e. The van der Waals surface area contributed by atoms with Crippen molar-refractivity contribution in [3.05, 3.63) is 60.2 Å². The first-order chi connectivity index (χ1) is 12.8. The number of nitrogens with one attached hydrogen (secondary N) is 1. The van der Waals surface area contributed by atoms with E-state index in [-0.39, 0.29) is 13.1 Å². The Morgan fingerprint density at radius 2 is 1.78 bits per heavy atom. The van der Waals surface area contributed by atoms with Crippen LogP contribution in [0.2, 0.25) is 0 Å². The lowest BCUT2D eigenvalue weighted by Gasteiger charge is -2.22.